The van der Waals surface area contributed by atoms with Crippen molar-refractivity contribution < 1.29 is 23.9 Å². The van der Waals surface area contributed by atoms with E-state index in [1.54, 1.807) is 13.8 Å². The van der Waals surface area contributed by atoms with E-state index in [4.69, 9.17) is 9.94 Å². The number of benzene rings is 1. The first-order chi connectivity index (χ1) is 10.7. The van der Waals surface area contributed by atoms with E-state index in [2.05, 4.69) is 10.2 Å². The molecule has 7 nitrogen and oxygen atoms in total. The van der Waals surface area contributed by atoms with Gasteiger partial charge in [-0.1, -0.05) is 6.07 Å². The summed E-state index contributed by atoms with van der Waals surface area (Å²) >= 11 is 0. The maximum atomic E-state index is 14.1. The van der Waals surface area contributed by atoms with E-state index < -0.39 is 23.2 Å². The van der Waals surface area contributed by atoms with Crippen LogP contribution in [0.15, 0.2) is 28.4 Å². The van der Waals surface area contributed by atoms with Gasteiger partial charge in [0.05, 0.1) is 24.3 Å². The number of nitrogens with zero attached hydrogens (tertiary/aromatic N) is 3. The Balaban J connectivity index is 2.08. The first-order valence-corrected chi connectivity index (χ1v) is 7.07. The topological polar surface area (TPSA) is 91.6 Å². The monoisotopic (exact) mass is 323 g/mol. The summed E-state index contributed by atoms with van der Waals surface area (Å²) in [4.78, 5) is 28.0. The molecule has 1 N–H and O–H groups in total. The zero-order valence-electron chi connectivity index (χ0n) is 13.1. The van der Waals surface area contributed by atoms with Crippen LogP contribution in [0.4, 0.5) is 10.1 Å². The Bertz CT molecular complexity index is 660. The van der Waals surface area contributed by atoms with Gasteiger partial charge in [-0.25, -0.2) is 14.2 Å². The van der Waals surface area contributed by atoms with Gasteiger partial charge < -0.3 is 5.11 Å². The molecule has 8 heteroatoms. The molecule has 1 saturated heterocycles. The Morgan fingerprint density at radius 2 is 2.22 bits per heavy atom. The molecule has 0 bridgehead atoms. The Labute approximate surface area is 132 Å². The molecule has 1 aromatic rings. The van der Waals surface area contributed by atoms with E-state index in [9.17, 15) is 14.0 Å². The number of azo groups is 1. The number of hydrogen-bond donors (Lipinski definition) is 1. The second kappa shape index (κ2) is 6.41. The third-order valence-corrected chi connectivity index (χ3v) is 3.44. The predicted molar refractivity (Wildman–Crippen MR) is 78.3 cm³/mol. The number of halogens is 1. The Morgan fingerprint density at radius 1 is 1.52 bits per heavy atom. The minimum absolute atomic E-state index is 0.00293. The average molecular weight is 323 g/mol. The van der Waals surface area contributed by atoms with Crippen molar-refractivity contribution in [3.8, 4) is 0 Å². The molecule has 0 aromatic heterocycles. The van der Waals surface area contributed by atoms with Gasteiger partial charge in [-0.05, 0) is 26.8 Å². The lowest BCUT2D eigenvalue weighted by Gasteiger charge is -2.16. The maximum Gasteiger partial charge on any atom is 0.330 e. The number of aliphatic carboxylic acids is 1. The fraction of sp³-hybridized carbons (Fsp3) is 0.467. The van der Waals surface area contributed by atoms with Crippen molar-refractivity contribution in [1.29, 1.82) is 0 Å². The molecule has 0 radical (unpaired) electrons. The van der Waals surface area contributed by atoms with Crippen LogP contribution in [0.25, 0.3) is 0 Å². The molecule has 1 aliphatic heterocycles. The van der Waals surface area contributed by atoms with Crippen LogP contribution >= 0.6 is 0 Å². The van der Waals surface area contributed by atoms with Crippen molar-refractivity contribution in [1.82, 2.24) is 5.06 Å². The number of carbonyl (C=O) groups excluding carboxylic acids is 1. The predicted octanol–water partition coefficient (Wildman–Crippen LogP) is 2.68. The second-order valence-corrected chi connectivity index (χ2v) is 6.00. The zero-order valence-corrected chi connectivity index (χ0v) is 13.1. The molecule has 1 fully saturated rings. The molecule has 1 aromatic carbocycles. The van der Waals surface area contributed by atoms with Crippen LogP contribution in [-0.2, 0) is 21.0 Å². The fourth-order valence-electron chi connectivity index (χ4n) is 1.90. The van der Waals surface area contributed by atoms with Crippen molar-refractivity contribution in [2.75, 3.05) is 6.61 Å². The molecule has 2 rings (SSSR count). The quantitative estimate of drug-likeness (QED) is 0.843. The summed E-state index contributed by atoms with van der Waals surface area (Å²) in [5, 5.41) is 17.1. The van der Waals surface area contributed by atoms with Gasteiger partial charge in [0, 0.05) is 11.6 Å². The third kappa shape index (κ3) is 3.89. The normalized spacial score (nSPS) is 18.6. The van der Waals surface area contributed by atoms with Gasteiger partial charge in [-0.2, -0.15) is 10.2 Å². The summed E-state index contributed by atoms with van der Waals surface area (Å²) in [5.74, 6) is -1.88. The molecular weight excluding hydrogens is 305 g/mol. The number of carboxylic acid groups (broad SMARTS) is 1. The number of hydrogen-bond acceptors (Lipinski definition) is 5. The summed E-state index contributed by atoms with van der Waals surface area (Å²) in [6.45, 7) is 5.15. The molecule has 0 aliphatic carbocycles. The van der Waals surface area contributed by atoms with Crippen LogP contribution in [0.2, 0.25) is 0 Å². The van der Waals surface area contributed by atoms with E-state index in [0.29, 0.717) is 0 Å². The Morgan fingerprint density at radius 3 is 2.74 bits per heavy atom. The lowest BCUT2D eigenvalue weighted by molar-refractivity contribution is -0.165. The number of carboxylic acids is 1. The number of hydroxylamine groups is 2. The molecule has 1 aliphatic rings. The Hall–Kier alpha value is -2.35. The summed E-state index contributed by atoms with van der Waals surface area (Å²) in [6, 6.07) is 3.11. The minimum atomic E-state index is -1.11. The lowest BCUT2D eigenvalue weighted by Crippen LogP contribution is -2.30. The highest BCUT2D eigenvalue weighted by Gasteiger charge is 2.40. The highest BCUT2D eigenvalue weighted by Crippen LogP contribution is 2.29. The molecule has 1 unspecified atom stereocenters. The van der Waals surface area contributed by atoms with Crippen molar-refractivity contribution in [2.45, 2.75) is 33.4 Å². The van der Waals surface area contributed by atoms with Crippen molar-refractivity contribution >= 4 is 17.6 Å². The third-order valence-electron chi connectivity index (χ3n) is 3.44. The Kier molecular flexibility index (Phi) is 4.74. The van der Waals surface area contributed by atoms with Crippen LogP contribution in [0.5, 0.6) is 0 Å². The van der Waals surface area contributed by atoms with Crippen LogP contribution in [0.3, 0.4) is 0 Å². The average Bonchev–Trinajstić information content (AvgIpc) is 2.74. The van der Waals surface area contributed by atoms with Crippen LogP contribution in [0.1, 0.15) is 26.3 Å². The van der Waals surface area contributed by atoms with Crippen molar-refractivity contribution in [2.24, 2.45) is 15.6 Å². The van der Waals surface area contributed by atoms with Gasteiger partial charge in [-0.15, -0.1) is 0 Å². The first kappa shape index (κ1) is 17.0. The van der Waals surface area contributed by atoms with Crippen molar-refractivity contribution in [3.63, 3.8) is 0 Å². The summed E-state index contributed by atoms with van der Waals surface area (Å²) in [6.07, 6.45) is 0. The lowest BCUT2D eigenvalue weighted by atomic mass is 9.95. The summed E-state index contributed by atoms with van der Waals surface area (Å²) in [5.41, 5.74) is -0.132. The van der Waals surface area contributed by atoms with Crippen LogP contribution in [0, 0.1) is 11.2 Å². The molecular formula is C15H18FN3O4. The SMILES string of the molecule is CC(N=Nc1ccc(CN2OCC(C)(C)C2=O)c(F)c1)C(=O)O. The highest BCUT2D eigenvalue weighted by molar-refractivity contribution is 5.82. The van der Waals surface area contributed by atoms with Gasteiger partial charge in [0.15, 0.2) is 6.04 Å². The fourth-order valence-corrected chi connectivity index (χ4v) is 1.90. The van der Waals surface area contributed by atoms with Gasteiger partial charge >= 0.3 is 5.97 Å². The largest absolute Gasteiger partial charge is 0.480 e. The molecule has 1 heterocycles. The van der Waals surface area contributed by atoms with E-state index in [1.165, 1.54) is 19.1 Å². The minimum Gasteiger partial charge on any atom is -0.480 e. The molecule has 124 valence electrons. The van der Waals surface area contributed by atoms with Crippen molar-refractivity contribution in [3.05, 3.63) is 29.6 Å². The number of carbonyl (C=O) groups is 2. The highest BCUT2D eigenvalue weighted by atomic mass is 19.1. The standard InChI is InChI=1S/C15H18FN3O4/c1-9(13(20)21)17-18-11-5-4-10(12(16)6-11)7-19-14(22)15(2,3)8-23-19/h4-6,9H,7-8H2,1-3H3,(H,20,21). The zero-order chi connectivity index (χ0) is 17.2. The van der Waals surface area contributed by atoms with Gasteiger partial charge in [0.25, 0.3) is 5.91 Å². The van der Waals surface area contributed by atoms with Gasteiger partial charge in [0.2, 0.25) is 0 Å². The van der Waals surface area contributed by atoms with Gasteiger partial charge in [-0.3, -0.25) is 9.63 Å². The van der Waals surface area contributed by atoms with Crippen LogP contribution < -0.4 is 0 Å². The molecule has 23 heavy (non-hydrogen) atoms. The maximum absolute atomic E-state index is 14.1. The first-order valence-electron chi connectivity index (χ1n) is 7.07. The van der Waals surface area contributed by atoms with E-state index in [0.717, 1.165) is 11.1 Å². The number of rotatable bonds is 5. The van der Waals surface area contributed by atoms with E-state index in [-0.39, 0.29) is 30.3 Å². The summed E-state index contributed by atoms with van der Waals surface area (Å²) < 4.78 is 14.1. The molecule has 1 amide bonds. The summed E-state index contributed by atoms with van der Waals surface area (Å²) in [7, 11) is 0. The van der Waals surface area contributed by atoms with Gasteiger partial charge in [0.1, 0.15) is 5.82 Å². The molecule has 0 saturated carbocycles. The number of amides is 1. The smallest absolute Gasteiger partial charge is 0.330 e. The molecule has 0 spiro atoms. The van der Waals surface area contributed by atoms with Crippen LogP contribution in [-0.4, -0.2) is 34.7 Å². The second-order valence-electron chi connectivity index (χ2n) is 6.00. The van der Waals surface area contributed by atoms with E-state index >= 15 is 0 Å². The molecule has 1 atom stereocenters. The van der Waals surface area contributed by atoms with E-state index in [1.807, 2.05) is 0 Å².